The molecular weight excluding hydrogens is 345 g/mol. The van der Waals surface area contributed by atoms with E-state index in [4.69, 9.17) is 14.5 Å². The first kappa shape index (κ1) is 18.3. The minimum absolute atomic E-state index is 0.0691. The molecule has 0 fully saturated rings. The Kier molecular flexibility index (Phi) is 5.77. The van der Waals surface area contributed by atoms with Gasteiger partial charge >= 0.3 is 7.82 Å². The van der Waals surface area contributed by atoms with E-state index in [9.17, 15) is 9.36 Å². The number of amides is 1. The molecule has 1 unspecified atom stereocenters. The van der Waals surface area contributed by atoms with Gasteiger partial charge in [-0.1, -0.05) is 0 Å². The standard InChI is InChI=1S/C12H20N3O6PS/c1-8(2)20-6-5-14-9-3-4-13-10(9)11(16)15(12(14)23)7-21-22(17,18)19/h3-4,8,12-13,23H,5-7H2,1-2H3,(H2,17,18,19). The number of nitrogens with zero attached hydrogens (tertiary/aromatic N) is 2. The highest BCUT2D eigenvalue weighted by Crippen LogP contribution is 2.38. The average Bonchev–Trinajstić information content (AvgIpc) is 2.90. The molecule has 2 rings (SSSR count). The van der Waals surface area contributed by atoms with Crippen molar-refractivity contribution in [3.8, 4) is 0 Å². The Morgan fingerprint density at radius 2 is 2.13 bits per heavy atom. The highest BCUT2D eigenvalue weighted by Gasteiger charge is 2.37. The number of aromatic nitrogens is 1. The third kappa shape index (κ3) is 4.50. The fraction of sp³-hybridized carbons (Fsp3) is 0.583. The van der Waals surface area contributed by atoms with E-state index in [-0.39, 0.29) is 6.10 Å². The molecule has 0 radical (unpaired) electrons. The number of fused-ring (bicyclic) bond motifs is 1. The Balaban J connectivity index is 2.16. The lowest BCUT2D eigenvalue weighted by molar-refractivity contribution is 0.0446. The topological polar surface area (TPSA) is 115 Å². The molecule has 0 saturated heterocycles. The van der Waals surface area contributed by atoms with Gasteiger partial charge < -0.3 is 24.4 Å². The minimum Gasteiger partial charge on any atom is -0.377 e. The smallest absolute Gasteiger partial charge is 0.377 e. The van der Waals surface area contributed by atoms with Crippen molar-refractivity contribution in [2.24, 2.45) is 0 Å². The van der Waals surface area contributed by atoms with E-state index < -0.39 is 26.0 Å². The first-order valence-electron chi connectivity index (χ1n) is 6.95. The Morgan fingerprint density at radius 1 is 1.43 bits per heavy atom. The summed E-state index contributed by atoms with van der Waals surface area (Å²) in [5.41, 5.74) is 0.247. The monoisotopic (exact) mass is 365 g/mol. The van der Waals surface area contributed by atoms with Gasteiger partial charge in [0.2, 0.25) is 0 Å². The molecule has 9 nitrogen and oxygen atoms in total. The number of thiol groups is 1. The van der Waals surface area contributed by atoms with E-state index >= 15 is 0 Å². The molecular formula is C12H20N3O6PS. The van der Waals surface area contributed by atoms with Gasteiger partial charge in [0.1, 0.15) is 12.4 Å². The second-order valence-electron chi connectivity index (χ2n) is 5.22. The first-order valence-corrected chi connectivity index (χ1v) is 9.00. The molecule has 1 aromatic rings. The maximum Gasteiger partial charge on any atom is 0.471 e. The van der Waals surface area contributed by atoms with Crippen molar-refractivity contribution in [2.45, 2.75) is 25.4 Å². The van der Waals surface area contributed by atoms with E-state index in [0.717, 1.165) is 4.90 Å². The van der Waals surface area contributed by atoms with Crippen LogP contribution in [-0.4, -0.2) is 57.1 Å². The van der Waals surface area contributed by atoms with E-state index in [1.807, 2.05) is 13.8 Å². The molecule has 2 heterocycles. The minimum atomic E-state index is -4.69. The number of hydrogen-bond acceptors (Lipinski definition) is 6. The van der Waals surface area contributed by atoms with Crippen molar-refractivity contribution in [3.63, 3.8) is 0 Å². The van der Waals surface area contributed by atoms with Gasteiger partial charge in [0.05, 0.1) is 18.4 Å². The number of carbonyl (C=O) groups is 1. The summed E-state index contributed by atoms with van der Waals surface area (Å²) < 4.78 is 20.8. The molecule has 1 atom stereocenters. The maximum atomic E-state index is 12.4. The van der Waals surface area contributed by atoms with Crippen LogP contribution >= 0.6 is 20.5 Å². The summed E-state index contributed by atoms with van der Waals surface area (Å²) in [6, 6.07) is 1.74. The van der Waals surface area contributed by atoms with Crippen LogP contribution in [0.5, 0.6) is 0 Å². The van der Waals surface area contributed by atoms with E-state index in [0.29, 0.717) is 24.5 Å². The van der Waals surface area contributed by atoms with Crippen molar-refractivity contribution in [3.05, 3.63) is 18.0 Å². The second kappa shape index (κ2) is 7.25. The van der Waals surface area contributed by atoms with Crippen molar-refractivity contribution in [2.75, 3.05) is 24.8 Å². The molecule has 1 aromatic heterocycles. The molecule has 1 aliphatic heterocycles. The van der Waals surface area contributed by atoms with Gasteiger partial charge in [-0.2, -0.15) is 0 Å². The van der Waals surface area contributed by atoms with Gasteiger partial charge in [-0.15, -0.1) is 12.6 Å². The summed E-state index contributed by atoms with van der Waals surface area (Å²) in [7, 11) is -4.69. The lowest BCUT2D eigenvalue weighted by Gasteiger charge is -2.41. The van der Waals surface area contributed by atoms with Gasteiger partial charge in [-0.25, -0.2) is 4.57 Å². The quantitative estimate of drug-likeness (QED) is 0.421. The van der Waals surface area contributed by atoms with Crippen molar-refractivity contribution in [1.29, 1.82) is 0 Å². The molecule has 0 bridgehead atoms. The maximum absolute atomic E-state index is 12.4. The number of aromatic amines is 1. The number of rotatable bonds is 7. The summed E-state index contributed by atoms with van der Waals surface area (Å²) in [5.74, 6) is -0.445. The van der Waals surface area contributed by atoms with E-state index in [1.54, 1.807) is 17.2 Å². The van der Waals surface area contributed by atoms with E-state index in [2.05, 4.69) is 22.1 Å². The van der Waals surface area contributed by atoms with Crippen LogP contribution in [0.15, 0.2) is 12.3 Å². The predicted octanol–water partition coefficient (Wildman–Crippen LogP) is 0.982. The summed E-state index contributed by atoms with van der Waals surface area (Å²) in [5, 5.41) is 0. The SMILES string of the molecule is CC(C)OCCN1c2cc[nH]c2C(=O)N(COP(=O)(O)O)C1S. The van der Waals surface area contributed by atoms with Crippen molar-refractivity contribution < 1.29 is 28.4 Å². The largest absolute Gasteiger partial charge is 0.471 e. The number of H-pyrrole nitrogens is 1. The number of phosphoric ester groups is 1. The zero-order chi connectivity index (χ0) is 17.2. The van der Waals surface area contributed by atoms with Crippen LogP contribution in [0, 0.1) is 0 Å². The lowest BCUT2D eigenvalue weighted by Crippen LogP contribution is -2.53. The van der Waals surface area contributed by atoms with Crippen LogP contribution in [0.3, 0.4) is 0 Å². The zero-order valence-electron chi connectivity index (χ0n) is 12.7. The highest BCUT2D eigenvalue weighted by molar-refractivity contribution is 7.81. The Hall–Kier alpha value is -1.03. The number of hydrogen-bond donors (Lipinski definition) is 4. The third-order valence-corrected chi connectivity index (χ3v) is 4.22. The summed E-state index contributed by atoms with van der Waals surface area (Å²) in [6.45, 7) is 4.13. The predicted molar refractivity (Wildman–Crippen MR) is 86.2 cm³/mol. The molecule has 3 N–H and O–H groups in total. The van der Waals surface area contributed by atoms with Gasteiger partial charge in [0.15, 0.2) is 5.50 Å². The second-order valence-corrected chi connectivity index (χ2v) is 6.92. The molecule has 0 aromatic carbocycles. The van der Waals surface area contributed by atoms with Crippen LogP contribution in [0.2, 0.25) is 0 Å². The van der Waals surface area contributed by atoms with Crippen molar-refractivity contribution >= 4 is 32.0 Å². The number of ether oxygens (including phenoxy) is 1. The van der Waals surface area contributed by atoms with Gasteiger partial charge in [-0.3, -0.25) is 14.2 Å². The Labute approximate surface area is 139 Å². The molecule has 23 heavy (non-hydrogen) atoms. The summed E-state index contributed by atoms with van der Waals surface area (Å²) in [4.78, 5) is 35.8. The van der Waals surface area contributed by atoms with Gasteiger partial charge in [-0.05, 0) is 19.9 Å². The molecule has 0 saturated carbocycles. The average molecular weight is 365 g/mol. The van der Waals surface area contributed by atoms with Crippen molar-refractivity contribution in [1.82, 2.24) is 9.88 Å². The molecule has 0 aliphatic carbocycles. The van der Waals surface area contributed by atoms with Gasteiger partial charge in [0.25, 0.3) is 5.91 Å². The summed E-state index contributed by atoms with van der Waals surface area (Å²) >= 11 is 4.39. The Bertz CT molecular complexity index is 603. The highest BCUT2D eigenvalue weighted by atomic mass is 32.1. The first-order chi connectivity index (χ1) is 10.7. The van der Waals surface area contributed by atoms with Crippen LogP contribution in [0.25, 0.3) is 0 Å². The van der Waals surface area contributed by atoms with Crippen LogP contribution in [0.1, 0.15) is 24.3 Å². The fourth-order valence-electron chi connectivity index (χ4n) is 2.20. The van der Waals surface area contributed by atoms with Crippen LogP contribution in [0.4, 0.5) is 5.69 Å². The third-order valence-electron chi connectivity index (χ3n) is 3.22. The fourth-order valence-corrected chi connectivity index (χ4v) is 2.88. The molecule has 130 valence electrons. The summed E-state index contributed by atoms with van der Waals surface area (Å²) in [6.07, 6.45) is 1.69. The zero-order valence-corrected chi connectivity index (χ0v) is 14.5. The lowest BCUT2D eigenvalue weighted by atomic mass is 10.2. The molecule has 1 amide bonds. The number of phosphoric acid groups is 1. The van der Waals surface area contributed by atoms with Crippen LogP contribution < -0.4 is 4.90 Å². The van der Waals surface area contributed by atoms with Crippen LogP contribution in [-0.2, 0) is 13.8 Å². The van der Waals surface area contributed by atoms with Gasteiger partial charge in [0, 0.05) is 12.7 Å². The molecule has 1 aliphatic rings. The number of carbonyl (C=O) groups excluding carboxylic acids is 1. The molecule has 11 heteroatoms. The Morgan fingerprint density at radius 3 is 2.74 bits per heavy atom. The van der Waals surface area contributed by atoms with E-state index in [1.165, 1.54) is 0 Å². The number of anilines is 1. The molecule has 0 spiro atoms. The normalized spacial score (nSPS) is 18.7. The number of nitrogens with one attached hydrogen (secondary N) is 1.